The second-order valence-corrected chi connectivity index (χ2v) is 9.63. The molecule has 3 N–H and O–H groups in total. The average molecular weight is 479 g/mol. The number of fused-ring (bicyclic) bond motifs is 3. The molecule has 0 bridgehead atoms. The van der Waals surface area contributed by atoms with Crippen LogP contribution in [-0.4, -0.2) is 41.8 Å². The molecule has 2 aromatic rings. The van der Waals surface area contributed by atoms with Crippen molar-refractivity contribution in [3.05, 3.63) is 59.7 Å². The van der Waals surface area contributed by atoms with Gasteiger partial charge in [-0.25, -0.2) is 4.79 Å². The van der Waals surface area contributed by atoms with E-state index in [2.05, 4.69) is 41.8 Å². The maximum atomic E-state index is 12.7. The summed E-state index contributed by atoms with van der Waals surface area (Å²) < 4.78 is 5.66. The molecule has 35 heavy (non-hydrogen) atoms. The van der Waals surface area contributed by atoms with Gasteiger partial charge in [0, 0.05) is 24.4 Å². The van der Waals surface area contributed by atoms with E-state index in [0.717, 1.165) is 24.0 Å². The molecule has 3 atom stereocenters. The highest BCUT2D eigenvalue weighted by atomic mass is 16.5. The van der Waals surface area contributed by atoms with E-state index in [-0.39, 0.29) is 36.9 Å². The molecule has 0 saturated heterocycles. The summed E-state index contributed by atoms with van der Waals surface area (Å²) >= 11 is 0. The van der Waals surface area contributed by atoms with Gasteiger partial charge in [0.05, 0.1) is 5.92 Å². The first kappa shape index (κ1) is 24.8. The Balaban J connectivity index is 1.32. The van der Waals surface area contributed by atoms with Crippen LogP contribution in [0.2, 0.25) is 0 Å². The van der Waals surface area contributed by atoms with Gasteiger partial charge in [0.15, 0.2) is 0 Å². The topological polar surface area (TPSA) is 105 Å². The van der Waals surface area contributed by atoms with Crippen molar-refractivity contribution in [3.63, 3.8) is 0 Å². The Morgan fingerprint density at radius 1 is 1.03 bits per heavy atom. The molecule has 0 aromatic heterocycles. The van der Waals surface area contributed by atoms with Crippen LogP contribution in [0.3, 0.4) is 0 Å². The Bertz CT molecular complexity index is 1020. The Hall–Kier alpha value is -3.35. The zero-order valence-electron chi connectivity index (χ0n) is 20.2. The van der Waals surface area contributed by atoms with Crippen LogP contribution in [0, 0.1) is 5.92 Å². The van der Waals surface area contributed by atoms with Crippen LogP contribution in [0.25, 0.3) is 11.1 Å². The van der Waals surface area contributed by atoms with Crippen molar-refractivity contribution in [3.8, 4) is 11.1 Å². The summed E-state index contributed by atoms with van der Waals surface area (Å²) in [6.07, 6.45) is 3.85. The zero-order valence-corrected chi connectivity index (χ0v) is 20.2. The summed E-state index contributed by atoms with van der Waals surface area (Å²) in [4.78, 5) is 36.5. The number of carbonyl (C=O) groups is 3. The number of benzene rings is 2. The standard InChI is InChI=1S/C28H34N2O5/c1-2-3-8-19(16-26(31)29-20-14-13-18(15-20)27(32)33)30-28(34)35-17-25-23-11-6-4-9-21(23)22-10-5-7-12-24(22)25/h4-7,9-12,18-20,25H,2-3,8,13-17H2,1H3,(H,29,31)(H,30,34)(H,32,33)/t18-,19+,20+/m1/s1. The number of unbranched alkanes of at least 4 members (excludes halogenated alkanes) is 1. The van der Waals surface area contributed by atoms with Crippen molar-refractivity contribution < 1.29 is 24.2 Å². The van der Waals surface area contributed by atoms with E-state index in [1.807, 2.05) is 24.3 Å². The van der Waals surface area contributed by atoms with Gasteiger partial charge in [-0.3, -0.25) is 9.59 Å². The third-order valence-corrected chi connectivity index (χ3v) is 7.15. The summed E-state index contributed by atoms with van der Waals surface area (Å²) in [7, 11) is 0. The molecule has 0 unspecified atom stereocenters. The first-order chi connectivity index (χ1) is 17.0. The second kappa shape index (κ2) is 11.4. The number of amides is 2. The van der Waals surface area contributed by atoms with Crippen molar-refractivity contribution in [1.82, 2.24) is 10.6 Å². The highest BCUT2D eigenvalue weighted by molar-refractivity contribution is 5.80. The summed E-state index contributed by atoms with van der Waals surface area (Å²) in [5.74, 6) is -1.38. The van der Waals surface area contributed by atoms with Gasteiger partial charge in [0.25, 0.3) is 0 Å². The number of carbonyl (C=O) groups excluding carboxylic acids is 2. The lowest BCUT2D eigenvalue weighted by Gasteiger charge is -2.21. The summed E-state index contributed by atoms with van der Waals surface area (Å²) in [6, 6.07) is 15.9. The maximum Gasteiger partial charge on any atom is 0.407 e. The van der Waals surface area contributed by atoms with Crippen LogP contribution < -0.4 is 10.6 Å². The third kappa shape index (κ3) is 6.02. The molecule has 0 radical (unpaired) electrons. The molecular weight excluding hydrogens is 444 g/mol. The number of rotatable bonds is 10. The molecule has 0 aliphatic heterocycles. The van der Waals surface area contributed by atoms with Crippen molar-refractivity contribution in [1.29, 1.82) is 0 Å². The van der Waals surface area contributed by atoms with Gasteiger partial charge in [-0.15, -0.1) is 0 Å². The number of ether oxygens (including phenoxy) is 1. The number of carboxylic acids is 1. The van der Waals surface area contributed by atoms with E-state index >= 15 is 0 Å². The van der Waals surface area contributed by atoms with Gasteiger partial charge in [0.2, 0.25) is 5.91 Å². The van der Waals surface area contributed by atoms with E-state index in [1.165, 1.54) is 11.1 Å². The Morgan fingerprint density at radius 2 is 1.69 bits per heavy atom. The van der Waals surface area contributed by atoms with Crippen molar-refractivity contribution >= 4 is 18.0 Å². The molecule has 7 nitrogen and oxygen atoms in total. The van der Waals surface area contributed by atoms with Crippen LogP contribution in [0.4, 0.5) is 4.79 Å². The van der Waals surface area contributed by atoms with Crippen LogP contribution in [0.1, 0.15) is 68.9 Å². The Kier molecular flexibility index (Phi) is 8.06. The fourth-order valence-electron chi connectivity index (χ4n) is 5.33. The molecule has 2 aliphatic carbocycles. The minimum atomic E-state index is -0.806. The summed E-state index contributed by atoms with van der Waals surface area (Å²) in [6.45, 7) is 2.29. The van der Waals surface area contributed by atoms with Crippen molar-refractivity contribution in [2.45, 2.75) is 69.9 Å². The molecule has 2 aromatic carbocycles. The number of alkyl carbamates (subject to hydrolysis) is 1. The molecule has 1 saturated carbocycles. The number of aliphatic carboxylic acids is 1. The van der Waals surface area contributed by atoms with Crippen LogP contribution in [0.5, 0.6) is 0 Å². The molecule has 2 amide bonds. The number of carboxylic acid groups (broad SMARTS) is 1. The van der Waals surface area contributed by atoms with E-state index in [9.17, 15) is 19.5 Å². The first-order valence-electron chi connectivity index (χ1n) is 12.6. The lowest BCUT2D eigenvalue weighted by Crippen LogP contribution is -2.42. The second-order valence-electron chi connectivity index (χ2n) is 9.63. The predicted molar refractivity (Wildman–Crippen MR) is 133 cm³/mol. The minimum Gasteiger partial charge on any atom is -0.481 e. The van der Waals surface area contributed by atoms with Crippen LogP contribution >= 0.6 is 0 Å². The largest absolute Gasteiger partial charge is 0.481 e. The third-order valence-electron chi connectivity index (χ3n) is 7.15. The summed E-state index contributed by atoms with van der Waals surface area (Å²) in [5, 5.41) is 15.0. The molecule has 7 heteroatoms. The first-order valence-corrected chi connectivity index (χ1v) is 12.6. The number of hydrogen-bond donors (Lipinski definition) is 3. The normalized spacial score (nSPS) is 19.5. The maximum absolute atomic E-state index is 12.7. The number of nitrogens with one attached hydrogen (secondary N) is 2. The van der Waals surface area contributed by atoms with E-state index in [0.29, 0.717) is 25.7 Å². The zero-order chi connectivity index (χ0) is 24.8. The molecule has 1 fully saturated rings. The quantitative estimate of drug-likeness (QED) is 0.453. The summed E-state index contributed by atoms with van der Waals surface area (Å²) in [5.41, 5.74) is 4.65. The molecule has 2 aliphatic rings. The minimum absolute atomic E-state index is 0.0184. The average Bonchev–Trinajstić information content (AvgIpc) is 3.44. The molecule has 0 spiro atoms. The van der Waals surface area contributed by atoms with Gasteiger partial charge < -0.3 is 20.5 Å². The Labute approximate surface area is 206 Å². The lowest BCUT2D eigenvalue weighted by molar-refractivity contribution is -0.141. The smallest absolute Gasteiger partial charge is 0.407 e. The fraction of sp³-hybridized carbons (Fsp3) is 0.464. The van der Waals surface area contributed by atoms with E-state index in [4.69, 9.17) is 4.74 Å². The molecule has 4 rings (SSSR count). The highest BCUT2D eigenvalue weighted by Gasteiger charge is 2.32. The fourth-order valence-corrected chi connectivity index (χ4v) is 5.33. The van der Waals surface area contributed by atoms with Gasteiger partial charge in [-0.05, 0) is 47.9 Å². The monoisotopic (exact) mass is 478 g/mol. The predicted octanol–water partition coefficient (Wildman–Crippen LogP) is 4.84. The van der Waals surface area contributed by atoms with Crippen molar-refractivity contribution in [2.75, 3.05) is 6.61 Å². The van der Waals surface area contributed by atoms with Crippen molar-refractivity contribution in [2.24, 2.45) is 5.92 Å². The van der Waals surface area contributed by atoms with Crippen LogP contribution in [0.15, 0.2) is 48.5 Å². The molecular formula is C28H34N2O5. The number of hydrogen-bond acceptors (Lipinski definition) is 4. The van der Waals surface area contributed by atoms with E-state index in [1.54, 1.807) is 0 Å². The Morgan fingerprint density at radius 3 is 2.29 bits per heavy atom. The lowest BCUT2D eigenvalue weighted by atomic mass is 9.98. The van der Waals surface area contributed by atoms with Crippen LogP contribution in [-0.2, 0) is 14.3 Å². The molecule has 186 valence electrons. The van der Waals surface area contributed by atoms with Gasteiger partial charge >= 0.3 is 12.1 Å². The highest BCUT2D eigenvalue weighted by Crippen LogP contribution is 2.44. The van der Waals surface area contributed by atoms with Gasteiger partial charge in [-0.2, -0.15) is 0 Å². The SMILES string of the molecule is CCCC[C@@H](CC(=O)N[C@H]1CC[C@@H](C(=O)O)C1)NC(=O)OCC1c2ccccc2-c2ccccc21. The van der Waals surface area contributed by atoms with E-state index < -0.39 is 18.0 Å². The van der Waals surface area contributed by atoms with Gasteiger partial charge in [0.1, 0.15) is 6.61 Å². The van der Waals surface area contributed by atoms with Gasteiger partial charge in [-0.1, -0.05) is 68.3 Å². The molecule has 0 heterocycles.